The van der Waals surface area contributed by atoms with Crippen LogP contribution in [0.4, 0.5) is 5.69 Å². The number of rotatable bonds is 1. The van der Waals surface area contributed by atoms with E-state index in [1.54, 1.807) is 0 Å². The van der Waals surface area contributed by atoms with E-state index in [0.29, 0.717) is 0 Å². The molecule has 13 heavy (non-hydrogen) atoms. The highest BCUT2D eigenvalue weighted by molar-refractivity contribution is 6.34. The third kappa shape index (κ3) is 2.31. The predicted molar refractivity (Wildman–Crippen MR) is 43.2 cm³/mol. The van der Waals surface area contributed by atoms with Gasteiger partial charge in [-0.3, -0.25) is 0 Å². The standard InChI is InChI=1S/C7H3ClN2O2.ClH/c8-5-3-1-2-4(7(11)12)6(5)10-9;/h1-3H;1H. The van der Waals surface area contributed by atoms with Crippen molar-refractivity contribution in [2.75, 3.05) is 0 Å². The van der Waals surface area contributed by atoms with E-state index in [2.05, 4.69) is 4.98 Å². The van der Waals surface area contributed by atoms with Crippen LogP contribution in [0.3, 0.4) is 0 Å². The molecule has 68 valence electrons. The Labute approximate surface area is 85.2 Å². The van der Waals surface area contributed by atoms with Crippen LogP contribution >= 0.6 is 11.6 Å². The van der Waals surface area contributed by atoms with Crippen molar-refractivity contribution in [2.45, 2.75) is 0 Å². The molecule has 0 spiro atoms. The fourth-order valence-corrected chi connectivity index (χ4v) is 1.00. The van der Waals surface area contributed by atoms with Gasteiger partial charge >= 0.3 is 11.7 Å². The molecule has 0 aliphatic heterocycles. The summed E-state index contributed by atoms with van der Waals surface area (Å²) in [5.41, 5.74) is -0.239. The maximum Gasteiger partial charge on any atom is 0.417 e. The highest BCUT2D eigenvalue weighted by Crippen LogP contribution is 2.28. The summed E-state index contributed by atoms with van der Waals surface area (Å²) in [5, 5.41) is 17.1. The van der Waals surface area contributed by atoms with Gasteiger partial charge < -0.3 is 17.5 Å². The third-order valence-corrected chi connectivity index (χ3v) is 1.62. The molecule has 1 aromatic carbocycles. The molecule has 0 heterocycles. The second kappa shape index (κ2) is 4.65. The number of hydrogen-bond acceptors (Lipinski definition) is 2. The van der Waals surface area contributed by atoms with Gasteiger partial charge in [0.2, 0.25) is 5.39 Å². The van der Waals surface area contributed by atoms with Crippen molar-refractivity contribution in [3.63, 3.8) is 0 Å². The molecule has 0 aromatic heterocycles. The van der Waals surface area contributed by atoms with E-state index in [0.717, 1.165) is 0 Å². The van der Waals surface area contributed by atoms with Crippen LogP contribution in [0, 0.1) is 5.39 Å². The molecule has 6 heteroatoms. The van der Waals surface area contributed by atoms with Crippen LogP contribution in [0.5, 0.6) is 0 Å². The Bertz CT molecular complexity index is 373. The lowest BCUT2D eigenvalue weighted by Crippen LogP contribution is -3.00. The maximum absolute atomic E-state index is 10.5. The van der Waals surface area contributed by atoms with E-state index in [1.807, 2.05) is 0 Å². The first kappa shape index (κ1) is 11.7. The zero-order chi connectivity index (χ0) is 9.14. The Morgan fingerprint density at radius 2 is 2.15 bits per heavy atom. The van der Waals surface area contributed by atoms with Crippen LogP contribution < -0.4 is 12.4 Å². The van der Waals surface area contributed by atoms with Gasteiger partial charge in [-0.2, -0.15) is 0 Å². The van der Waals surface area contributed by atoms with Crippen molar-refractivity contribution in [3.05, 3.63) is 33.8 Å². The van der Waals surface area contributed by atoms with E-state index >= 15 is 0 Å². The summed E-state index contributed by atoms with van der Waals surface area (Å²) in [5.74, 6) is -1.18. The topological polar surface area (TPSA) is 65.5 Å². The average Bonchev–Trinajstić information content (AvgIpc) is 2.03. The Kier molecular flexibility index (Phi) is 4.18. The molecule has 0 atom stereocenters. The van der Waals surface area contributed by atoms with Gasteiger partial charge in [0.05, 0.1) is 0 Å². The lowest BCUT2D eigenvalue weighted by atomic mass is 10.2. The summed E-state index contributed by atoms with van der Waals surface area (Å²) in [7, 11) is 0. The van der Waals surface area contributed by atoms with Gasteiger partial charge in [-0.25, -0.2) is 4.79 Å². The Morgan fingerprint density at radius 3 is 2.54 bits per heavy atom. The molecule has 1 N–H and O–H groups in total. The second-order valence-electron chi connectivity index (χ2n) is 2.04. The van der Waals surface area contributed by atoms with Crippen molar-refractivity contribution < 1.29 is 22.3 Å². The SMILES string of the molecule is N#[N+]c1c(Cl)cccc1C(=O)O.[Cl-]. The summed E-state index contributed by atoms with van der Waals surface area (Å²) in [6, 6.07) is 4.23. The lowest BCUT2D eigenvalue weighted by molar-refractivity contribution is -0.0000182. The van der Waals surface area contributed by atoms with Crippen molar-refractivity contribution in [1.29, 1.82) is 5.39 Å². The highest BCUT2D eigenvalue weighted by atomic mass is 35.5. The highest BCUT2D eigenvalue weighted by Gasteiger charge is 2.23. The predicted octanol–water partition coefficient (Wildman–Crippen LogP) is -0.473. The van der Waals surface area contributed by atoms with Crippen LogP contribution in [0.25, 0.3) is 4.98 Å². The maximum atomic E-state index is 10.5. The molecule has 0 saturated heterocycles. The normalized spacial score (nSPS) is 8.31. The fraction of sp³-hybridized carbons (Fsp3) is 0. The summed E-state index contributed by atoms with van der Waals surface area (Å²) in [6.45, 7) is 0. The molecule has 4 nitrogen and oxygen atoms in total. The van der Waals surface area contributed by atoms with E-state index < -0.39 is 5.97 Å². The zero-order valence-electron chi connectivity index (χ0n) is 6.24. The monoisotopic (exact) mass is 218 g/mol. The van der Waals surface area contributed by atoms with Gasteiger partial charge in [-0.1, -0.05) is 17.7 Å². The molecule has 0 unspecified atom stereocenters. The molecule has 1 aromatic rings. The molecule has 0 fully saturated rings. The molecule has 0 bridgehead atoms. The molecule has 0 aliphatic rings. The Balaban J connectivity index is 0.00000144. The summed E-state index contributed by atoms with van der Waals surface area (Å²) in [6.07, 6.45) is 0. The average molecular weight is 219 g/mol. The number of hydrogen-bond donors (Lipinski definition) is 1. The fourth-order valence-electron chi connectivity index (χ4n) is 0.790. The van der Waals surface area contributed by atoms with Crippen LogP contribution in [0.2, 0.25) is 5.02 Å². The first-order valence-corrected chi connectivity index (χ1v) is 3.41. The Morgan fingerprint density at radius 1 is 1.54 bits per heavy atom. The minimum absolute atomic E-state index is 0. The molecule has 0 aliphatic carbocycles. The number of carboxylic acid groups (broad SMARTS) is 1. The number of benzene rings is 1. The second-order valence-corrected chi connectivity index (χ2v) is 2.45. The quantitative estimate of drug-likeness (QED) is 0.649. The van der Waals surface area contributed by atoms with E-state index in [-0.39, 0.29) is 28.7 Å². The Hall–Kier alpha value is -1.31. The lowest BCUT2D eigenvalue weighted by Gasteiger charge is -1.89. The van der Waals surface area contributed by atoms with Crippen LogP contribution in [-0.2, 0) is 0 Å². The van der Waals surface area contributed by atoms with Crippen LogP contribution in [0.1, 0.15) is 10.4 Å². The third-order valence-electron chi connectivity index (χ3n) is 1.32. The number of halogens is 2. The number of aromatic carboxylic acids is 1. The summed E-state index contributed by atoms with van der Waals surface area (Å²) in [4.78, 5) is 13.3. The van der Waals surface area contributed by atoms with Gasteiger partial charge in [0, 0.05) is 0 Å². The van der Waals surface area contributed by atoms with Crippen LogP contribution in [0.15, 0.2) is 18.2 Å². The van der Waals surface area contributed by atoms with Gasteiger partial charge in [-0.15, -0.1) is 0 Å². The molecule has 0 amide bonds. The molecule has 0 saturated carbocycles. The van der Waals surface area contributed by atoms with E-state index in [1.165, 1.54) is 18.2 Å². The number of carboxylic acids is 1. The van der Waals surface area contributed by atoms with E-state index in [4.69, 9.17) is 22.1 Å². The van der Waals surface area contributed by atoms with Gasteiger partial charge in [-0.05, 0) is 12.1 Å². The number of diazo groups is 1. The minimum atomic E-state index is -1.18. The van der Waals surface area contributed by atoms with Gasteiger partial charge in [0.15, 0.2) is 10.5 Å². The molecular weight excluding hydrogens is 215 g/mol. The first-order chi connectivity index (χ1) is 5.66. The summed E-state index contributed by atoms with van der Waals surface area (Å²) >= 11 is 5.56. The molecule has 0 radical (unpaired) electrons. The van der Waals surface area contributed by atoms with Crippen molar-refractivity contribution >= 4 is 23.3 Å². The van der Waals surface area contributed by atoms with Gasteiger partial charge in [0.1, 0.15) is 5.02 Å². The van der Waals surface area contributed by atoms with Crippen molar-refractivity contribution in [3.8, 4) is 0 Å². The van der Waals surface area contributed by atoms with E-state index in [9.17, 15) is 4.79 Å². The van der Waals surface area contributed by atoms with Crippen molar-refractivity contribution in [1.82, 2.24) is 0 Å². The molecular formula is C7H4Cl2N2O2. The summed E-state index contributed by atoms with van der Waals surface area (Å²) < 4.78 is 0. The first-order valence-electron chi connectivity index (χ1n) is 3.03. The molecule has 1 rings (SSSR count). The van der Waals surface area contributed by atoms with Crippen molar-refractivity contribution in [2.24, 2.45) is 0 Å². The number of carbonyl (C=O) groups is 1. The zero-order valence-corrected chi connectivity index (χ0v) is 7.75. The number of nitrogens with zero attached hydrogens (tertiary/aromatic N) is 2. The van der Waals surface area contributed by atoms with Crippen LogP contribution in [-0.4, -0.2) is 11.1 Å². The minimum Gasteiger partial charge on any atom is -1.00 e. The smallest absolute Gasteiger partial charge is 0.417 e. The largest absolute Gasteiger partial charge is 1.00 e. The van der Waals surface area contributed by atoms with Gasteiger partial charge in [0.25, 0.3) is 0 Å².